The van der Waals surface area contributed by atoms with Gasteiger partial charge in [0.2, 0.25) is 5.91 Å². The molecule has 4 nitrogen and oxygen atoms in total. The first-order valence-electron chi connectivity index (χ1n) is 7.93. The minimum Gasteiger partial charge on any atom is -0.478 e. The lowest BCUT2D eigenvalue weighted by molar-refractivity contribution is -0.121. The maximum Gasteiger partial charge on any atom is 0.335 e. The van der Waals surface area contributed by atoms with Gasteiger partial charge in [0, 0.05) is 6.42 Å². The van der Waals surface area contributed by atoms with Gasteiger partial charge < -0.3 is 10.4 Å². The van der Waals surface area contributed by atoms with Crippen molar-refractivity contribution in [3.05, 3.63) is 70.5 Å². The van der Waals surface area contributed by atoms with Crippen LogP contribution in [0.5, 0.6) is 0 Å². The highest BCUT2D eigenvalue weighted by Gasteiger charge is 2.24. The summed E-state index contributed by atoms with van der Waals surface area (Å²) in [7, 11) is 0. The van der Waals surface area contributed by atoms with Crippen molar-refractivity contribution >= 4 is 11.9 Å². The molecule has 0 fully saturated rings. The molecule has 1 aliphatic rings. The van der Waals surface area contributed by atoms with E-state index >= 15 is 0 Å². The van der Waals surface area contributed by atoms with Gasteiger partial charge in [0.1, 0.15) is 5.82 Å². The van der Waals surface area contributed by atoms with Crippen molar-refractivity contribution in [2.24, 2.45) is 0 Å². The van der Waals surface area contributed by atoms with Crippen LogP contribution in [-0.2, 0) is 17.6 Å². The molecule has 124 valence electrons. The predicted octanol–water partition coefficient (Wildman–Crippen LogP) is 3.26. The number of hydrogen-bond acceptors (Lipinski definition) is 2. The topological polar surface area (TPSA) is 66.4 Å². The smallest absolute Gasteiger partial charge is 0.335 e. The molecule has 0 saturated carbocycles. The van der Waals surface area contributed by atoms with Crippen molar-refractivity contribution in [3.8, 4) is 0 Å². The van der Waals surface area contributed by atoms with Crippen molar-refractivity contribution in [1.29, 1.82) is 0 Å². The molecular formula is C19H18FNO3. The lowest BCUT2D eigenvalue weighted by Gasteiger charge is -2.14. The molecule has 0 radical (unpaired) electrons. The molecule has 1 aliphatic carbocycles. The molecule has 2 aromatic carbocycles. The highest BCUT2D eigenvalue weighted by Crippen LogP contribution is 2.31. The van der Waals surface area contributed by atoms with Crippen LogP contribution < -0.4 is 5.32 Å². The van der Waals surface area contributed by atoms with E-state index in [9.17, 15) is 14.0 Å². The number of fused-ring (bicyclic) bond motifs is 1. The van der Waals surface area contributed by atoms with E-state index in [1.807, 2.05) is 0 Å². The summed E-state index contributed by atoms with van der Waals surface area (Å²) in [5.41, 5.74) is 3.11. The third-order valence-electron chi connectivity index (χ3n) is 4.36. The molecule has 0 bridgehead atoms. The average molecular weight is 327 g/mol. The molecule has 1 unspecified atom stereocenters. The lowest BCUT2D eigenvalue weighted by atomic mass is 10.1. The van der Waals surface area contributed by atoms with Crippen molar-refractivity contribution in [2.45, 2.75) is 31.7 Å². The van der Waals surface area contributed by atoms with Crippen LogP contribution in [-0.4, -0.2) is 17.0 Å². The van der Waals surface area contributed by atoms with E-state index in [1.165, 1.54) is 24.3 Å². The van der Waals surface area contributed by atoms with Gasteiger partial charge in [0.05, 0.1) is 11.6 Å². The van der Waals surface area contributed by atoms with Gasteiger partial charge >= 0.3 is 5.97 Å². The van der Waals surface area contributed by atoms with Crippen molar-refractivity contribution < 1.29 is 19.1 Å². The first-order chi connectivity index (χ1) is 11.5. The van der Waals surface area contributed by atoms with Crippen LogP contribution in [0, 0.1) is 5.82 Å². The van der Waals surface area contributed by atoms with E-state index in [1.54, 1.807) is 18.2 Å². The molecule has 2 N–H and O–H groups in total. The number of aryl methyl sites for hydroxylation is 2. The summed E-state index contributed by atoms with van der Waals surface area (Å²) in [5.74, 6) is -1.26. The summed E-state index contributed by atoms with van der Waals surface area (Å²) < 4.78 is 13.2. The zero-order chi connectivity index (χ0) is 17.1. The molecule has 5 heteroatoms. The van der Waals surface area contributed by atoms with E-state index in [-0.39, 0.29) is 23.3 Å². The normalized spacial score (nSPS) is 15.8. The molecule has 2 aromatic rings. The fourth-order valence-electron chi connectivity index (χ4n) is 3.07. The van der Waals surface area contributed by atoms with E-state index in [2.05, 4.69) is 5.32 Å². The number of aromatic carboxylic acids is 1. The zero-order valence-corrected chi connectivity index (χ0v) is 13.1. The Morgan fingerprint density at radius 2 is 1.92 bits per heavy atom. The second kappa shape index (κ2) is 6.83. The third-order valence-corrected chi connectivity index (χ3v) is 4.36. The van der Waals surface area contributed by atoms with Gasteiger partial charge in [-0.05, 0) is 60.2 Å². The zero-order valence-electron chi connectivity index (χ0n) is 13.1. The van der Waals surface area contributed by atoms with Crippen LogP contribution in [0.4, 0.5) is 4.39 Å². The molecule has 0 aliphatic heterocycles. The molecule has 1 atom stereocenters. The Morgan fingerprint density at radius 1 is 1.17 bits per heavy atom. The number of rotatable bonds is 5. The Bertz CT molecular complexity index is 771. The maximum absolute atomic E-state index is 13.2. The second-order valence-corrected chi connectivity index (χ2v) is 6.00. The first-order valence-corrected chi connectivity index (χ1v) is 7.93. The summed E-state index contributed by atoms with van der Waals surface area (Å²) in [6.07, 6.45) is 2.45. The number of carboxylic acids is 1. The largest absolute Gasteiger partial charge is 0.478 e. The minimum atomic E-state index is -0.962. The molecular weight excluding hydrogens is 309 g/mol. The molecule has 0 aromatic heterocycles. The van der Waals surface area contributed by atoms with E-state index in [0.717, 1.165) is 29.5 Å². The SMILES string of the molecule is O=C(CCc1ccc(C(=O)O)cc1)NC1CCc2cc(F)ccc21. The van der Waals surface area contributed by atoms with Crippen molar-refractivity contribution in [3.63, 3.8) is 0 Å². The molecule has 1 amide bonds. The summed E-state index contributed by atoms with van der Waals surface area (Å²) >= 11 is 0. The number of hydrogen-bond donors (Lipinski definition) is 2. The average Bonchev–Trinajstić information content (AvgIpc) is 2.95. The van der Waals surface area contributed by atoms with E-state index < -0.39 is 5.97 Å². The lowest BCUT2D eigenvalue weighted by Crippen LogP contribution is -2.27. The summed E-state index contributed by atoms with van der Waals surface area (Å²) in [5, 5.41) is 11.9. The van der Waals surface area contributed by atoms with Crippen molar-refractivity contribution in [2.75, 3.05) is 0 Å². The first kappa shape index (κ1) is 16.2. The molecule has 3 rings (SSSR count). The number of benzene rings is 2. The monoisotopic (exact) mass is 327 g/mol. The molecule has 0 heterocycles. The maximum atomic E-state index is 13.2. The highest BCUT2D eigenvalue weighted by molar-refractivity contribution is 5.87. The number of carbonyl (C=O) groups is 2. The molecule has 24 heavy (non-hydrogen) atoms. The van der Waals surface area contributed by atoms with Crippen molar-refractivity contribution in [1.82, 2.24) is 5.32 Å². The van der Waals surface area contributed by atoms with Gasteiger partial charge in [-0.3, -0.25) is 4.79 Å². The summed E-state index contributed by atoms with van der Waals surface area (Å²) in [6.45, 7) is 0. The Labute approximate surface area is 139 Å². The quantitative estimate of drug-likeness (QED) is 0.886. The number of amides is 1. The predicted molar refractivity (Wildman–Crippen MR) is 87.3 cm³/mol. The van der Waals surface area contributed by atoms with Crippen LogP contribution >= 0.6 is 0 Å². The fourth-order valence-corrected chi connectivity index (χ4v) is 3.07. The number of carbonyl (C=O) groups excluding carboxylic acids is 1. The third kappa shape index (κ3) is 3.62. The van der Waals surface area contributed by atoms with E-state index in [4.69, 9.17) is 5.11 Å². The summed E-state index contributed by atoms with van der Waals surface area (Å²) in [6, 6.07) is 11.2. The van der Waals surface area contributed by atoms with Crippen LogP contribution in [0.25, 0.3) is 0 Å². The van der Waals surface area contributed by atoms with Gasteiger partial charge in [-0.25, -0.2) is 9.18 Å². The van der Waals surface area contributed by atoms with Crippen LogP contribution in [0.3, 0.4) is 0 Å². The second-order valence-electron chi connectivity index (χ2n) is 6.00. The minimum absolute atomic E-state index is 0.0533. The highest BCUT2D eigenvalue weighted by atomic mass is 19.1. The molecule has 0 saturated heterocycles. The van der Waals surface area contributed by atoms with Crippen LogP contribution in [0.2, 0.25) is 0 Å². The Morgan fingerprint density at radius 3 is 2.62 bits per heavy atom. The van der Waals surface area contributed by atoms with Crippen LogP contribution in [0.1, 0.15) is 45.9 Å². The van der Waals surface area contributed by atoms with Gasteiger partial charge in [-0.1, -0.05) is 18.2 Å². The number of halogens is 1. The van der Waals surface area contributed by atoms with Gasteiger partial charge in [-0.2, -0.15) is 0 Å². The number of nitrogens with one attached hydrogen (secondary N) is 1. The number of carboxylic acid groups (broad SMARTS) is 1. The molecule has 0 spiro atoms. The van der Waals surface area contributed by atoms with Crippen LogP contribution in [0.15, 0.2) is 42.5 Å². The van der Waals surface area contributed by atoms with Gasteiger partial charge in [-0.15, -0.1) is 0 Å². The van der Waals surface area contributed by atoms with Gasteiger partial charge in [0.25, 0.3) is 0 Å². The fraction of sp³-hybridized carbons (Fsp3) is 0.263. The van der Waals surface area contributed by atoms with E-state index in [0.29, 0.717) is 12.8 Å². The van der Waals surface area contributed by atoms with Gasteiger partial charge in [0.15, 0.2) is 0 Å². The Kier molecular flexibility index (Phi) is 4.60. The summed E-state index contributed by atoms with van der Waals surface area (Å²) in [4.78, 5) is 23.0. The standard InChI is InChI=1S/C19H18FNO3/c20-15-7-8-16-14(11-15)6-9-17(16)21-18(22)10-3-12-1-4-13(5-2-12)19(23)24/h1-2,4-5,7-8,11,17H,3,6,9-10H2,(H,21,22)(H,23,24). The Balaban J connectivity index is 1.54. The Hall–Kier alpha value is -2.69.